The number of hydrogen-bond donors (Lipinski definition) is 1. The molecule has 1 aliphatic carbocycles. The van der Waals surface area contributed by atoms with Gasteiger partial charge in [0.15, 0.2) is 0 Å². The van der Waals surface area contributed by atoms with E-state index in [1.807, 2.05) is 6.92 Å². The van der Waals surface area contributed by atoms with Gasteiger partial charge in [-0.25, -0.2) is 0 Å². The van der Waals surface area contributed by atoms with Crippen LogP contribution in [0.1, 0.15) is 39.0 Å². The lowest BCUT2D eigenvalue weighted by Crippen LogP contribution is -2.46. The Hall–Kier alpha value is -0.170. The predicted octanol–water partition coefficient (Wildman–Crippen LogP) is 0.810. The highest BCUT2D eigenvalue weighted by atomic mass is 32.2. The molecular weight excluding hydrogens is 240 g/mol. The minimum Gasteiger partial charge on any atom is -0.396 e. The maximum Gasteiger partial charge on any atom is 0.281 e. The van der Waals surface area contributed by atoms with Gasteiger partial charge in [0.2, 0.25) is 0 Å². The van der Waals surface area contributed by atoms with Crippen LogP contribution in [0, 0.1) is 0 Å². The zero-order valence-electron chi connectivity index (χ0n) is 10.8. The summed E-state index contributed by atoms with van der Waals surface area (Å²) in [5.41, 5.74) is 0. The molecule has 0 bridgehead atoms. The monoisotopic (exact) mass is 264 g/mol. The van der Waals surface area contributed by atoms with Gasteiger partial charge in [-0.3, -0.25) is 0 Å². The molecule has 5 nitrogen and oxygen atoms in total. The highest BCUT2D eigenvalue weighted by molar-refractivity contribution is 7.86. The minimum atomic E-state index is -3.35. The fourth-order valence-electron chi connectivity index (χ4n) is 2.39. The van der Waals surface area contributed by atoms with Gasteiger partial charge in [-0.2, -0.15) is 17.0 Å². The van der Waals surface area contributed by atoms with Crippen LogP contribution in [0.5, 0.6) is 0 Å². The molecule has 1 aliphatic rings. The average Bonchev–Trinajstić information content (AvgIpc) is 2.79. The average molecular weight is 264 g/mol. The van der Waals surface area contributed by atoms with Crippen molar-refractivity contribution < 1.29 is 13.5 Å². The summed E-state index contributed by atoms with van der Waals surface area (Å²) in [7, 11) is -1.77. The molecule has 0 radical (unpaired) electrons. The first-order valence-corrected chi connectivity index (χ1v) is 7.77. The van der Waals surface area contributed by atoms with Crippen molar-refractivity contribution in [2.45, 2.75) is 45.1 Å². The van der Waals surface area contributed by atoms with E-state index in [0.717, 1.165) is 25.7 Å². The standard InChI is InChI=1S/C11H24N2O3S/c1-3-13(11-7-4-5-8-11)17(15,16)12(2)9-6-10-14/h11,14H,3-10H2,1-2H3. The molecule has 1 N–H and O–H groups in total. The van der Waals surface area contributed by atoms with E-state index in [9.17, 15) is 8.42 Å². The third-order valence-corrected chi connectivity index (χ3v) is 5.48. The zero-order chi connectivity index (χ0) is 12.9. The molecule has 0 aromatic carbocycles. The molecule has 0 atom stereocenters. The summed E-state index contributed by atoms with van der Waals surface area (Å²) in [5, 5.41) is 8.75. The maximum atomic E-state index is 12.3. The Morgan fingerprint density at radius 1 is 1.29 bits per heavy atom. The number of nitrogens with zero attached hydrogens (tertiary/aromatic N) is 2. The van der Waals surface area contributed by atoms with Gasteiger partial charge in [0, 0.05) is 32.8 Å². The van der Waals surface area contributed by atoms with Crippen molar-refractivity contribution in [1.82, 2.24) is 8.61 Å². The quantitative estimate of drug-likeness (QED) is 0.740. The van der Waals surface area contributed by atoms with Crippen LogP contribution in [0.15, 0.2) is 0 Å². The normalized spacial score (nSPS) is 18.4. The van der Waals surface area contributed by atoms with E-state index >= 15 is 0 Å². The maximum absolute atomic E-state index is 12.3. The first kappa shape index (κ1) is 14.9. The van der Waals surface area contributed by atoms with Crippen LogP contribution >= 0.6 is 0 Å². The van der Waals surface area contributed by atoms with Crippen LogP contribution in [0.2, 0.25) is 0 Å². The molecular formula is C11H24N2O3S. The number of aliphatic hydroxyl groups excluding tert-OH is 1. The van der Waals surface area contributed by atoms with Gasteiger partial charge in [0.25, 0.3) is 10.2 Å². The summed E-state index contributed by atoms with van der Waals surface area (Å²) in [5.74, 6) is 0. The van der Waals surface area contributed by atoms with Crippen molar-refractivity contribution in [3.63, 3.8) is 0 Å². The van der Waals surface area contributed by atoms with Gasteiger partial charge in [-0.1, -0.05) is 19.8 Å². The summed E-state index contributed by atoms with van der Waals surface area (Å²) >= 11 is 0. The Morgan fingerprint density at radius 2 is 1.88 bits per heavy atom. The highest BCUT2D eigenvalue weighted by Gasteiger charge is 2.33. The molecule has 0 aromatic rings. The number of aliphatic hydroxyl groups is 1. The van der Waals surface area contributed by atoms with E-state index in [-0.39, 0.29) is 12.6 Å². The van der Waals surface area contributed by atoms with Crippen molar-refractivity contribution >= 4 is 10.2 Å². The smallest absolute Gasteiger partial charge is 0.281 e. The second kappa shape index (κ2) is 6.68. The van der Waals surface area contributed by atoms with Crippen LogP contribution in [0.4, 0.5) is 0 Å². The van der Waals surface area contributed by atoms with Gasteiger partial charge in [-0.05, 0) is 19.3 Å². The predicted molar refractivity (Wildman–Crippen MR) is 67.9 cm³/mol. The first-order chi connectivity index (χ1) is 8.04. The molecule has 0 aliphatic heterocycles. The molecule has 6 heteroatoms. The molecule has 0 aromatic heterocycles. The Morgan fingerprint density at radius 3 is 2.35 bits per heavy atom. The SMILES string of the molecule is CCN(C1CCCC1)S(=O)(=O)N(C)CCCO. The molecule has 1 rings (SSSR count). The lowest BCUT2D eigenvalue weighted by Gasteiger charge is -2.30. The summed E-state index contributed by atoms with van der Waals surface area (Å²) in [4.78, 5) is 0. The van der Waals surface area contributed by atoms with Gasteiger partial charge in [0.1, 0.15) is 0 Å². The first-order valence-electron chi connectivity index (χ1n) is 6.38. The summed E-state index contributed by atoms with van der Waals surface area (Å²) in [6, 6.07) is 0.168. The Balaban J connectivity index is 2.70. The van der Waals surface area contributed by atoms with Crippen molar-refractivity contribution in [2.75, 3.05) is 26.7 Å². The van der Waals surface area contributed by atoms with E-state index in [1.165, 1.54) is 4.31 Å². The van der Waals surface area contributed by atoms with Crippen molar-refractivity contribution in [3.05, 3.63) is 0 Å². The molecule has 0 saturated heterocycles. The van der Waals surface area contributed by atoms with Crippen LogP contribution in [-0.2, 0) is 10.2 Å². The van der Waals surface area contributed by atoms with E-state index in [0.29, 0.717) is 19.5 Å². The van der Waals surface area contributed by atoms with Crippen LogP contribution < -0.4 is 0 Å². The second-order valence-electron chi connectivity index (χ2n) is 4.55. The lowest BCUT2D eigenvalue weighted by atomic mass is 10.2. The summed E-state index contributed by atoms with van der Waals surface area (Å²) in [6.45, 7) is 2.81. The van der Waals surface area contributed by atoms with Crippen molar-refractivity contribution in [2.24, 2.45) is 0 Å². The summed E-state index contributed by atoms with van der Waals surface area (Å²) in [6.07, 6.45) is 4.67. The largest absolute Gasteiger partial charge is 0.396 e. The minimum absolute atomic E-state index is 0.0232. The fraction of sp³-hybridized carbons (Fsp3) is 1.00. The highest BCUT2D eigenvalue weighted by Crippen LogP contribution is 2.26. The summed E-state index contributed by atoms with van der Waals surface area (Å²) < 4.78 is 27.6. The fourth-order valence-corrected chi connectivity index (χ4v) is 4.02. The Bertz CT molecular complexity index is 313. The molecule has 0 heterocycles. The lowest BCUT2D eigenvalue weighted by molar-refractivity contribution is 0.265. The van der Waals surface area contributed by atoms with Gasteiger partial charge in [-0.15, -0.1) is 0 Å². The third-order valence-electron chi connectivity index (χ3n) is 3.36. The Kier molecular flexibility index (Phi) is 5.85. The topological polar surface area (TPSA) is 60.9 Å². The van der Waals surface area contributed by atoms with E-state index in [2.05, 4.69) is 0 Å². The molecule has 1 fully saturated rings. The van der Waals surface area contributed by atoms with E-state index < -0.39 is 10.2 Å². The molecule has 0 spiro atoms. The molecule has 17 heavy (non-hydrogen) atoms. The number of rotatable bonds is 7. The van der Waals surface area contributed by atoms with Crippen LogP contribution in [0.25, 0.3) is 0 Å². The third kappa shape index (κ3) is 3.64. The second-order valence-corrected chi connectivity index (χ2v) is 6.54. The molecule has 102 valence electrons. The van der Waals surface area contributed by atoms with Crippen LogP contribution in [-0.4, -0.2) is 54.9 Å². The van der Waals surface area contributed by atoms with E-state index in [4.69, 9.17) is 5.11 Å². The molecule has 1 saturated carbocycles. The van der Waals surface area contributed by atoms with Crippen LogP contribution in [0.3, 0.4) is 0 Å². The van der Waals surface area contributed by atoms with Crippen molar-refractivity contribution in [1.29, 1.82) is 0 Å². The van der Waals surface area contributed by atoms with Crippen molar-refractivity contribution in [3.8, 4) is 0 Å². The number of hydrogen-bond acceptors (Lipinski definition) is 3. The molecule has 0 amide bonds. The zero-order valence-corrected chi connectivity index (χ0v) is 11.6. The van der Waals surface area contributed by atoms with Gasteiger partial charge >= 0.3 is 0 Å². The van der Waals surface area contributed by atoms with Gasteiger partial charge < -0.3 is 5.11 Å². The van der Waals surface area contributed by atoms with Gasteiger partial charge in [0.05, 0.1) is 0 Å². The Labute approximate surface area is 105 Å². The van der Waals surface area contributed by atoms with E-state index in [1.54, 1.807) is 11.4 Å². The molecule has 0 unspecified atom stereocenters.